The van der Waals surface area contributed by atoms with Crippen LogP contribution in [0, 0.1) is 6.92 Å². The largest absolute Gasteiger partial charge is 0.448 e. The molecule has 1 amide bonds. The Morgan fingerprint density at radius 3 is 2.54 bits per heavy atom. The summed E-state index contributed by atoms with van der Waals surface area (Å²) in [6, 6.07) is 5.66. The third kappa shape index (κ3) is 3.42. The fraction of sp³-hybridized carbons (Fsp3) is 0.500. The number of amides is 1. The van der Waals surface area contributed by atoms with Gasteiger partial charge in [-0.2, -0.15) is 0 Å². The van der Waals surface area contributed by atoms with E-state index in [1.807, 2.05) is 29.5 Å². The molecule has 1 saturated heterocycles. The van der Waals surface area contributed by atoms with E-state index < -0.39 is 12.1 Å². The number of imidazole rings is 1. The number of aromatic nitrogens is 2. The van der Waals surface area contributed by atoms with Gasteiger partial charge in [0.25, 0.3) is 5.91 Å². The highest BCUT2D eigenvalue weighted by atomic mass is 16.5. The molecule has 1 atom stereocenters. The van der Waals surface area contributed by atoms with Crippen LogP contribution < -0.4 is 0 Å². The van der Waals surface area contributed by atoms with E-state index >= 15 is 0 Å². The van der Waals surface area contributed by atoms with Crippen LogP contribution in [-0.4, -0.2) is 45.4 Å². The highest BCUT2D eigenvalue weighted by Crippen LogP contribution is 2.14. The number of pyridine rings is 1. The van der Waals surface area contributed by atoms with Gasteiger partial charge < -0.3 is 14.0 Å². The number of hydrogen-bond acceptors (Lipinski definition) is 4. The van der Waals surface area contributed by atoms with Crippen molar-refractivity contribution in [2.45, 2.75) is 45.6 Å². The molecule has 1 fully saturated rings. The molecule has 0 N–H and O–H groups in total. The summed E-state index contributed by atoms with van der Waals surface area (Å²) < 4.78 is 7.19. The quantitative estimate of drug-likeness (QED) is 0.812. The molecule has 2 aromatic heterocycles. The minimum atomic E-state index is -0.790. The molecule has 1 aliphatic heterocycles. The maximum absolute atomic E-state index is 12.5. The molecule has 1 aliphatic rings. The molecule has 0 radical (unpaired) electrons. The topological polar surface area (TPSA) is 63.9 Å². The predicted molar refractivity (Wildman–Crippen MR) is 89.9 cm³/mol. The monoisotopic (exact) mass is 329 g/mol. The van der Waals surface area contributed by atoms with Crippen molar-refractivity contribution in [2.24, 2.45) is 0 Å². The Labute approximate surface area is 141 Å². The average Bonchev–Trinajstić information content (AvgIpc) is 2.83. The highest BCUT2D eigenvalue weighted by molar-refractivity contribution is 5.91. The van der Waals surface area contributed by atoms with Crippen LogP contribution in [-0.2, 0) is 9.53 Å². The third-order valence-electron chi connectivity index (χ3n) is 4.45. The highest BCUT2D eigenvalue weighted by Gasteiger charge is 2.25. The van der Waals surface area contributed by atoms with Crippen molar-refractivity contribution in [3.8, 4) is 0 Å². The summed E-state index contributed by atoms with van der Waals surface area (Å²) in [6.07, 6.45) is 5.19. The lowest BCUT2D eigenvalue weighted by Gasteiger charge is -2.23. The van der Waals surface area contributed by atoms with Crippen LogP contribution in [0.25, 0.3) is 5.65 Å². The van der Waals surface area contributed by atoms with Gasteiger partial charge in [0.15, 0.2) is 11.8 Å². The fourth-order valence-electron chi connectivity index (χ4n) is 3.07. The number of rotatable bonds is 3. The molecule has 128 valence electrons. The molecular weight excluding hydrogens is 306 g/mol. The van der Waals surface area contributed by atoms with Gasteiger partial charge >= 0.3 is 5.97 Å². The summed E-state index contributed by atoms with van der Waals surface area (Å²) in [5, 5.41) is 0. The van der Waals surface area contributed by atoms with Gasteiger partial charge in [0, 0.05) is 25.0 Å². The van der Waals surface area contributed by atoms with Gasteiger partial charge in [-0.15, -0.1) is 0 Å². The van der Waals surface area contributed by atoms with Crippen LogP contribution in [0.4, 0.5) is 0 Å². The molecule has 3 heterocycles. The molecule has 0 bridgehead atoms. The summed E-state index contributed by atoms with van der Waals surface area (Å²) in [5.41, 5.74) is 1.89. The number of esters is 1. The summed E-state index contributed by atoms with van der Waals surface area (Å²) in [7, 11) is 0. The Hall–Kier alpha value is -2.37. The van der Waals surface area contributed by atoms with Gasteiger partial charge in [0.1, 0.15) is 5.65 Å². The first-order valence-electron chi connectivity index (χ1n) is 8.51. The Kier molecular flexibility index (Phi) is 4.83. The van der Waals surface area contributed by atoms with Gasteiger partial charge in [0.2, 0.25) is 0 Å². The van der Waals surface area contributed by atoms with Crippen LogP contribution in [0.2, 0.25) is 0 Å². The Balaban J connectivity index is 1.68. The van der Waals surface area contributed by atoms with Crippen LogP contribution in [0.5, 0.6) is 0 Å². The minimum Gasteiger partial charge on any atom is -0.448 e. The normalized spacial score (nSPS) is 16.7. The van der Waals surface area contributed by atoms with E-state index in [1.165, 1.54) is 0 Å². The molecule has 2 aromatic rings. The molecule has 0 aromatic carbocycles. The van der Waals surface area contributed by atoms with Crippen molar-refractivity contribution in [1.29, 1.82) is 0 Å². The van der Waals surface area contributed by atoms with Gasteiger partial charge in [-0.05, 0) is 38.8 Å². The molecule has 6 heteroatoms. The van der Waals surface area contributed by atoms with Crippen molar-refractivity contribution in [1.82, 2.24) is 14.3 Å². The van der Waals surface area contributed by atoms with E-state index in [-0.39, 0.29) is 11.6 Å². The smallest absolute Gasteiger partial charge is 0.359 e. The van der Waals surface area contributed by atoms with Gasteiger partial charge in [-0.3, -0.25) is 4.79 Å². The van der Waals surface area contributed by atoms with Crippen molar-refractivity contribution in [3.63, 3.8) is 0 Å². The molecule has 0 saturated carbocycles. The number of fused-ring (bicyclic) bond motifs is 1. The van der Waals surface area contributed by atoms with Crippen LogP contribution >= 0.6 is 0 Å². The van der Waals surface area contributed by atoms with E-state index in [0.29, 0.717) is 5.65 Å². The van der Waals surface area contributed by atoms with Gasteiger partial charge in [-0.1, -0.05) is 18.9 Å². The number of hydrogen-bond donors (Lipinski definition) is 0. The van der Waals surface area contributed by atoms with Crippen molar-refractivity contribution in [3.05, 3.63) is 35.8 Å². The lowest BCUT2D eigenvalue weighted by molar-refractivity contribution is -0.139. The van der Waals surface area contributed by atoms with E-state index in [1.54, 1.807) is 18.0 Å². The van der Waals surface area contributed by atoms with E-state index in [2.05, 4.69) is 4.98 Å². The Bertz CT molecular complexity index is 745. The molecule has 0 spiro atoms. The standard InChI is InChI=1S/C18H23N3O3/c1-13-8-7-9-16-19-15(12-21(13)16)18(23)24-14(2)17(22)20-10-5-3-4-6-11-20/h7-9,12,14H,3-6,10-11H2,1-2H3/t14-/m1/s1. The van der Waals surface area contributed by atoms with Crippen LogP contribution in [0.3, 0.4) is 0 Å². The zero-order valence-electron chi connectivity index (χ0n) is 14.2. The van der Waals surface area contributed by atoms with Gasteiger partial charge in [0.05, 0.1) is 0 Å². The second-order valence-electron chi connectivity index (χ2n) is 6.31. The van der Waals surface area contributed by atoms with E-state index in [0.717, 1.165) is 44.5 Å². The number of aryl methyl sites for hydroxylation is 1. The maximum atomic E-state index is 12.5. The number of ether oxygens (including phenoxy) is 1. The lowest BCUT2D eigenvalue weighted by atomic mass is 10.2. The molecule has 3 rings (SSSR count). The molecule has 0 aliphatic carbocycles. The van der Waals surface area contributed by atoms with Gasteiger partial charge in [-0.25, -0.2) is 9.78 Å². The number of likely N-dealkylation sites (tertiary alicyclic amines) is 1. The molecular formula is C18H23N3O3. The summed E-state index contributed by atoms with van der Waals surface area (Å²) in [4.78, 5) is 30.9. The Morgan fingerprint density at radius 1 is 1.17 bits per heavy atom. The summed E-state index contributed by atoms with van der Waals surface area (Å²) >= 11 is 0. The second kappa shape index (κ2) is 7.03. The van der Waals surface area contributed by atoms with Crippen LogP contribution in [0.1, 0.15) is 48.8 Å². The summed E-state index contributed by atoms with van der Waals surface area (Å²) in [5.74, 6) is -0.682. The average molecular weight is 329 g/mol. The lowest BCUT2D eigenvalue weighted by Crippen LogP contribution is -2.40. The third-order valence-corrected chi connectivity index (χ3v) is 4.45. The fourth-order valence-corrected chi connectivity index (χ4v) is 3.07. The zero-order chi connectivity index (χ0) is 17.1. The Morgan fingerprint density at radius 2 is 1.88 bits per heavy atom. The maximum Gasteiger partial charge on any atom is 0.359 e. The van der Waals surface area contributed by atoms with Crippen LogP contribution in [0.15, 0.2) is 24.4 Å². The number of carbonyl (C=O) groups is 2. The van der Waals surface area contributed by atoms with Crippen molar-refractivity contribution < 1.29 is 14.3 Å². The molecule has 24 heavy (non-hydrogen) atoms. The predicted octanol–water partition coefficient (Wildman–Crippen LogP) is 2.59. The molecule has 0 unspecified atom stereocenters. The van der Waals surface area contributed by atoms with E-state index in [4.69, 9.17) is 4.74 Å². The SMILES string of the molecule is Cc1cccc2nc(C(=O)O[C@H](C)C(=O)N3CCCCCC3)cn12. The minimum absolute atomic E-state index is 0.120. The number of carbonyl (C=O) groups excluding carboxylic acids is 2. The van der Waals surface area contributed by atoms with Crippen molar-refractivity contribution in [2.75, 3.05) is 13.1 Å². The first-order chi connectivity index (χ1) is 11.6. The second-order valence-corrected chi connectivity index (χ2v) is 6.31. The number of nitrogens with zero attached hydrogens (tertiary/aromatic N) is 3. The van der Waals surface area contributed by atoms with E-state index in [9.17, 15) is 9.59 Å². The first-order valence-corrected chi connectivity index (χ1v) is 8.51. The van der Waals surface area contributed by atoms with Crippen molar-refractivity contribution >= 4 is 17.5 Å². The molecule has 6 nitrogen and oxygen atoms in total. The first kappa shape index (κ1) is 16.5. The zero-order valence-corrected chi connectivity index (χ0v) is 14.2. The summed E-state index contributed by atoms with van der Waals surface area (Å²) in [6.45, 7) is 5.06.